The molecular weight excluding hydrogens is 361 g/mol. The third-order valence-corrected chi connectivity index (χ3v) is 4.10. The lowest BCUT2D eigenvalue weighted by Crippen LogP contribution is -2.17. The van der Waals surface area contributed by atoms with Gasteiger partial charge in [-0.05, 0) is 29.8 Å². The van der Waals surface area contributed by atoms with Gasteiger partial charge in [-0.25, -0.2) is 0 Å². The summed E-state index contributed by atoms with van der Waals surface area (Å²) in [6.45, 7) is 0.459. The summed E-state index contributed by atoms with van der Waals surface area (Å²) in [5.41, 5.74) is 1.24. The maximum Gasteiger partial charge on any atom is 0.267 e. The molecule has 0 fully saturated rings. The summed E-state index contributed by atoms with van der Waals surface area (Å²) in [5, 5.41) is 15.2. The van der Waals surface area contributed by atoms with E-state index in [1.165, 1.54) is 6.20 Å². The Morgan fingerprint density at radius 2 is 1.96 bits per heavy atom. The molecule has 2 aromatic carbocycles. The number of halogens is 2. The molecule has 1 amide bonds. The summed E-state index contributed by atoms with van der Waals surface area (Å²) in [6.07, 6.45) is 1.36. The van der Waals surface area contributed by atoms with E-state index < -0.39 is 5.91 Å². The molecule has 0 saturated heterocycles. The van der Waals surface area contributed by atoms with Gasteiger partial charge in [0.15, 0.2) is 0 Å². The van der Waals surface area contributed by atoms with Gasteiger partial charge in [-0.3, -0.25) is 4.79 Å². The second-order valence-electron chi connectivity index (χ2n) is 4.95. The van der Waals surface area contributed by atoms with Crippen molar-refractivity contribution in [2.24, 2.45) is 0 Å². The van der Waals surface area contributed by atoms with Gasteiger partial charge in [-0.2, -0.15) is 5.26 Å². The molecule has 2 aromatic rings. The fourth-order valence-corrected chi connectivity index (χ4v) is 2.30. The van der Waals surface area contributed by atoms with Gasteiger partial charge in [0, 0.05) is 12.7 Å². The van der Waals surface area contributed by atoms with Crippen LogP contribution in [0, 0.1) is 11.3 Å². The highest BCUT2D eigenvalue weighted by Crippen LogP contribution is 2.29. The van der Waals surface area contributed by atoms with Gasteiger partial charge in [0.05, 0.1) is 22.8 Å². The molecule has 0 saturated carbocycles. The average molecular weight is 376 g/mol. The van der Waals surface area contributed by atoms with E-state index in [1.807, 2.05) is 30.3 Å². The Kier molecular flexibility index (Phi) is 6.70. The second kappa shape index (κ2) is 8.97. The second-order valence-corrected chi connectivity index (χ2v) is 5.74. The lowest BCUT2D eigenvalue weighted by atomic mass is 10.2. The summed E-state index contributed by atoms with van der Waals surface area (Å²) in [7, 11) is 1.60. The summed E-state index contributed by atoms with van der Waals surface area (Å²) >= 11 is 11.9. The predicted molar refractivity (Wildman–Crippen MR) is 98.6 cm³/mol. The van der Waals surface area contributed by atoms with Crippen molar-refractivity contribution < 1.29 is 9.53 Å². The molecule has 2 N–H and O–H groups in total. The normalized spacial score (nSPS) is 10.7. The number of hydrogen-bond acceptors (Lipinski definition) is 4. The largest absolute Gasteiger partial charge is 0.497 e. The maximum atomic E-state index is 12.2. The van der Waals surface area contributed by atoms with Crippen LogP contribution in [0.1, 0.15) is 5.56 Å². The summed E-state index contributed by atoms with van der Waals surface area (Å²) in [6, 6.07) is 14.2. The smallest absolute Gasteiger partial charge is 0.267 e. The Morgan fingerprint density at radius 3 is 2.60 bits per heavy atom. The number of carbonyl (C=O) groups is 1. The van der Waals surface area contributed by atoms with Gasteiger partial charge in [-0.15, -0.1) is 0 Å². The molecule has 0 aliphatic carbocycles. The molecule has 0 aliphatic heterocycles. The van der Waals surface area contributed by atoms with E-state index in [2.05, 4.69) is 10.6 Å². The lowest BCUT2D eigenvalue weighted by Gasteiger charge is -2.08. The number of nitriles is 1. The zero-order chi connectivity index (χ0) is 18.2. The molecule has 0 spiro atoms. The fourth-order valence-electron chi connectivity index (χ4n) is 1.95. The number of nitrogens with zero attached hydrogens (tertiary/aromatic N) is 1. The first-order chi connectivity index (χ1) is 12.0. The molecular formula is C18H15Cl2N3O2. The van der Waals surface area contributed by atoms with Crippen LogP contribution < -0.4 is 15.4 Å². The topological polar surface area (TPSA) is 74.1 Å². The Labute approximate surface area is 155 Å². The molecule has 0 atom stereocenters. The van der Waals surface area contributed by atoms with Crippen LogP contribution in [0.25, 0.3) is 0 Å². The third kappa shape index (κ3) is 5.15. The van der Waals surface area contributed by atoms with Crippen molar-refractivity contribution in [3.63, 3.8) is 0 Å². The Hall–Kier alpha value is -2.68. The molecule has 0 unspecified atom stereocenters. The van der Waals surface area contributed by atoms with Gasteiger partial charge in [0.1, 0.15) is 17.4 Å². The highest BCUT2D eigenvalue weighted by atomic mass is 35.5. The first-order valence-corrected chi connectivity index (χ1v) is 8.02. The van der Waals surface area contributed by atoms with Crippen LogP contribution in [-0.2, 0) is 11.3 Å². The highest BCUT2D eigenvalue weighted by molar-refractivity contribution is 6.44. The number of ether oxygens (including phenoxy) is 1. The third-order valence-electron chi connectivity index (χ3n) is 3.28. The van der Waals surface area contributed by atoms with E-state index in [4.69, 9.17) is 33.2 Å². The van der Waals surface area contributed by atoms with Crippen LogP contribution in [0.15, 0.2) is 54.2 Å². The van der Waals surface area contributed by atoms with Gasteiger partial charge in [-0.1, -0.05) is 41.4 Å². The van der Waals surface area contributed by atoms with E-state index in [0.29, 0.717) is 17.3 Å². The van der Waals surface area contributed by atoms with Crippen molar-refractivity contribution in [1.82, 2.24) is 5.32 Å². The van der Waals surface area contributed by atoms with Crippen molar-refractivity contribution in [1.29, 1.82) is 5.26 Å². The van der Waals surface area contributed by atoms with E-state index in [1.54, 1.807) is 25.3 Å². The highest BCUT2D eigenvalue weighted by Gasteiger charge is 2.12. The van der Waals surface area contributed by atoms with Crippen molar-refractivity contribution in [3.05, 3.63) is 69.8 Å². The number of methoxy groups -OCH3 is 1. The summed E-state index contributed by atoms with van der Waals surface area (Å²) in [5.74, 6) is 0.184. The Bertz CT molecular complexity index is 827. The van der Waals surface area contributed by atoms with Gasteiger partial charge < -0.3 is 15.4 Å². The molecule has 128 valence electrons. The number of amides is 1. The molecule has 2 rings (SSSR count). The zero-order valence-corrected chi connectivity index (χ0v) is 14.9. The first kappa shape index (κ1) is 18.7. The molecule has 0 aliphatic rings. The number of rotatable bonds is 6. The minimum absolute atomic E-state index is 0.0791. The molecule has 0 radical (unpaired) electrons. The maximum absolute atomic E-state index is 12.2. The van der Waals surface area contributed by atoms with Crippen LogP contribution in [-0.4, -0.2) is 13.0 Å². The van der Waals surface area contributed by atoms with E-state index in [0.717, 1.165) is 11.3 Å². The Morgan fingerprint density at radius 1 is 1.24 bits per heavy atom. The van der Waals surface area contributed by atoms with Crippen molar-refractivity contribution in [2.45, 2.75) is 6.54 Å². The quantitative estimate of drug-likeness (QED) is 0.587. The van der Waals surface area contributed by atoms with Crippen LogP contribution in [0.4, 0.5) is 5.69 Å². The number of nitrogens with one attached hydrogen (secondary N) is 2. The van der Waals surface area contributed by atoms with Crippen molar-refractivity contribution in [3.8, 4) is 11.8 Å². The summed E-state index contributed by atoms with van der Waals surface area (Å²) in [4.78, 5) is 12.2. The van der Waals surface area contributed by atoms with Crippen LogP contribution in [0.2, 0.25) is 10.0 Å². The lowest BCUT2D eigenvalue weighted by molar-refractivity contribution is -0.112. The van der Waals surface area contributed by atoms with Gasteiger partial charge in [0.2, 0.25) is 0 Å². The van der Waals surface area contributed by atoms with E-state index in [9.17, 15) is 4.79 Å². The number of carbonyl (C=O) groups excluding carboxylic acids is 1. The molecule has 0 bridgehead atoms. The average Bonchev–Trinajstić information content (AvgIpc) is 2.63. The van der Waals surface area contributed by atoms with E-state index in [-0.39, 0.29) is 10.6 Å². The number of hydrogen-bond donors (Lipinski definition) is 2. The first-order valence-electron chi connectivity index (χ1n) is 7.27. The van der Waals surface area contributed by atoms with Crippen LogP contribution in [0.3, 0.4) is 0 Å². The SMILES string of the molecule is COc1ccc(CN/C=C(/C#N)C(=O)Nc2cccc(Cl)c2Cl)cc1. The molecule has 25 heavy (non-hydrogen) atoms. The monoisotopic (exact) mass is 375 g/mol. The van der Waals surface area contributed by atoms with Crippen LogP contribution >= 0.6 is 23.2 Å². The van der Waals surface area contributed by atoms with Gasteiger partial charge >= 0.3 is 0 Å². The molecule has 7 heteroatoms. The minimum Gasteiger partial charge on any atom is -0.497 e. The number of anilines is 1. The van der Waals surface area contributed by atoms with Crippen molar-refractivity contribution >= 4 is 34.8 Å². The molecule has 0 aromatic heterocycles. The Balaban J connectivity index is 2.00. The zero-order valence-electron chi connectivity index (χ0n) is 13.3. The minimum atomic E-state index is -0.575. The van der Waals surface area contributed by atoms with Crippen molar-refractivity contribution in [2.75, 3.05) is 12.4 Å². The predicted octanol–water partition coefficient (Wildman–Crippen LogP) is 4.14. The molecule has 0 heterocycles. The van der Waals surface area contributed by atoms with Crippen LogP contribution in [0.5, 0.6) is 5.75 Å². The number of benzene rings is 2. The van der Waals surface area contributed by atoms with Gasteiger partial charge in [0.25, 0.3) is 5.91 Å². The molecule has 5 nitrogen and oxygen atoms in total. The van der Waals surface area contributed by atoms with E-state index >= 15 is 0 Å². The standard InChI is InChI=1S/C18H15Cl2N3O2/c1-25-14-7-5-12(6-8-14)10-22-11-13(9-21)18(24)23-16-4-2-3-15(19)17(16)20/h2-8,11,22H,10H2,1H3,(H,23,24)/b13-11-. The summed E-state index contributed by atoms with van der Waals surface area (Å²) < 4.78 is 5.09. The fraction of sp³-hybridized carbons (Fsp3) is 0.111.